The number of carbonyl (C=O) groups is 1. The number of methoxy groups -OCH3 is 3. The Morgan fingerprint density at radius 1 is 1.03 bits per heavy atom. The number of benzene rings is 2. The Morgan fingerprint density at radius 2 is 1.67 bits per heavy atom. The smallest absolute Gasteiger partial charge is 0.346 e. The van der Waals surface area contributed by atoms with E-state index in [9.17, 15) is 9.59 Å². The highest BCUT2D eigenvalue weighted by atomic mass is 16.5. The van der Waals surface area contributed by atoms with Crippen LogP contribution in [0.1, 0.15) is 37.1 Å². The van der Waals surface area contributed by atoms with E-state index in [0.29, 0.717) is 49.1 Å². The van der Waals surface area contributed by atoms with Gasteiger partial charge >= 0.3 is 11.7 Å². The van der Waals surface area contributed by atoms with Crippen molar-refractivity contribution in [1.29, 1.82) is 0 Å². The minimum Gasteiger partial charge on any atom is -0.493 e. The van der Waals surface area contributed by atoms with Crippen molar-refractivity contribution < 1.29 is 19.0 Å². The fourth-order valence-electron chi connectivity index (χ4n) is 4.61. The molecule has 2 heterocycles. The maximum Gasteiger partial charge on any atom is 0.346 e. The maximum atomic E-state index is 13.0. The number of likely N-dealkylation sites (tertiary alicyclic amines) is 1. The second-order valence-corrected chi connectivity index (χ2v) is 8.63. The molecule has 0 aliphatic carbocycles. The minimum atomic E-state index is -0.204. The van der Waals surface area contributed by atoms with Crippen molar-refractivity contribution in [3.63, 3.8) is 0 Å². The molecule has 1 saturated heterocycles. The van der Waals surface area contributed by atoms with Crippen molar-refractivity contribution in [3.05, 3.63) is 64.3 Å². The Hall–Kier alpha value is -3.95. The fourth-order valence-corrected chi connectivity index (χ4v) is 4.61. The second kappa shape index (κ2) is 11.2. The van der Waals surface area contributed by atoms with E-state index in [1.165, 1.54) is 26.0 Å². The van der Waals surface area contributed by atoms with Gasteiger partial charge in [0.25, 0.3) is 0 Å². The van der Waals surface area contributed by atoms with Crippen molar-refractivity contribution in [3.8, 4) is 17.2 Å². The summed E-state index contributed by atoms with van der Waals surface area (Å²) in [7, 11) is 4.60. The largest absolute Gasteiger partial charge is 0.493 e. The fraction of sp³-hybridized carbons (Fsp3) is 0.423. The molecule has 0 radical (unpaired) electrons. The Kier molecular flexibility index (Phi) is 7.82. The van der Waals surface area contributed by atoms with Gasteiger partial charge < -0.3 is 24.4 Å². The number of amides is 2. The zero-order chi connectivity index (χ0) is 25.7. The molecule has 36 heavy (non-hydrogen) atoms. The molecule has 10 heteroatoms. The second-order valence-electron chi connectivity index (χ2n) is 8.63. The summed E-state index contributed by atoms with van der Waals surface area (Å²) in [6.07, 6.45) is 1.45. The van der Waals surface area contributed by atoms with E-state index in [1.54, 1.807) is 21.6 Å². The Balaban J connectivity index is 1.43. The van der Waals surface area contributed by atoms with Crippen LogP contribution in [0.4, 0.5) is 10.5 Å². The minimum absolute atomic E-state index is 0.0982. The first kappa shape index (κ1) is 25.2. The van der Waals surface area contributed by atoms with Gasteiger partial charge in [-0.1, -0.05) is 30.3 Å². The summed E-state index contributed by atoms with van der Waals surface area (Å²) in [5, 5.41) is 7.63. The van der Waals surface area contributed by atoms with Crippen LogP contribution in [0.5, 0.6) is 17.2 Å². The molecule has 0 bridgehead atoms. The molecule has 2 amide bonds. The number of aromatic nitrogens is 3. The lowest BCUT2D eigenvalue weighted by atomic mass is 9.96. The molecule has 0 saturated carbocycles. The van der Waals surface area contributed by atoms with Crippen LogP contribution in [0.3, 0.4) is 0 Å². The molecule has 1 aromatic heterocycles. The molecule has 1 N–H and O–H groups in total. The van der Waals surface area contributed by atoms with E-state index in [0.717, 1.165) is 24.2 Å². The molecule has 0 atom stereocenters. The van der Waals surface area contributed by atoms with Crippen LogP contribution in [0.2, 0.25) is 0 Å². The predicted octanol–water partition coefficient (Wildman–Crippen LogP) is 3.55. The average Bonchev–Trinajstić information content (AvgIpc) is 3.23. The van der Waals surface area contributed by atoms with Crippen molar-refractivity contribution in [1.82, 2.24) is 19.2 Å². The molecule has 10 nitrogen and oxygen atoms in total. The zero-order valence-electron chi connectivity index (χ0n) is 21.2. The van der Waals surface area contributed by atoms with Crippen LogP contribution in [0, 0.1) is 0 Å². The number of anilines is 1. The summed E-state index contributed by atoms with van der Waals surface area (Å²) in [6, 6.07) is 13.0. The van der Waals surface area contributed by atoms with E-state index in [4.69, 9.17) is 19.3 Å². The molecule has 192 valence electrons. The van der Waals surface area contributed by atoms with E-state index in [2.05, 4.69) is 5.32 Å². The van der Waals surface area contributed by atoms with E-state index < -0.39 is 0 Å². The van der Waals surface area contributed by atoms with Crippen LogP contribution in [0.25, 0.3) is 0 Å². The van der Waals surface area contributed by atoms with Crippen LogP contribution in [-0.2, 0) is 13.1 Å². The van der Waals surface area contributed by atoms with Crippen LogP contribution < -0.4 is 25.2 Å². The highest BCUT2D eigenvalue weighted by molar-refractivity contribution is 5.90. The van der Waals surface area contributed by atoms with Crippen LogP contribution in [-0.4, -0.2) is 59.7 Å². The SMILES string of the molecule is CCn1c(C2CCN(C(=O)Nc3cc(OC)c(OC)c(OC)c3)CC2)nn(Cc2ccccc2)c1=O. The van der Waals surface area contributed by atoms with Crippen LogP contribution in [0.15, 0.2) is 47.3 Å². The van der Waals surface area contributed by atoms with E-state index >= 15 is 0 Å². The molecule has 0 unspecified atom stereocenters. The first-order valence-corrected chi connectivity index (χ1v) is 12.1. The van der Waals surface area contributed by atoms with Gasteiger partial charge in [-0.3, -0.25) is 4.57 Å². The number of ether oxygens (including phenoxy) is 3. The van der Waals surface area contributed by atoms with Gasteiger partial charge in [0.2, 0.25) is 5.75 Å². The number of hydrogen-bond acceptors (Lipinski definition) is 6. The lowest BCUT2D eigenvalue weighted by Crippen LogP contribution is -2.41. The van der Waals surface area contributed by atoms with Gasteiger partial charge in [0, 0.05) is 37.7 Å². The molecule has 2 aromatic carbocycles. The molecule has 3 aromatic rings. The summed E-state index contributed by atoms with van der Waals surface area (Å²) in [5.74, 6) is 2.31. The zero-order valence-corrected chi connectivity index (χ0v) is 21.2. The summed E-state index contributed by atoms with van der Waals surface area (Å²) in [5.41, 5.74) is 1.49. The molecule has 0 spiro atoms. The van der Waals surface area contributed by atoms with Gasteiger partial charge in [-0.25, -0.2) is 14.3 Å². The van der Waals surface area contributed by atoms with Crippen molar-refractivity contribution in [2.24, 2.45) is 0 Å². The Labute approximate surface area is 210 Å². The quantitative estimate of drug-likeness (QED) is 0.513. The first-order valence-electron chi connectivity index (χ1n) is 12.1. The van der Waals surface area contributed by atoms with Crippen LogP contribution >= 0.6 is 0 Å². The highest BCUT2D eigenvalue weighted by Gasteiger charge is 2.28. The van der Waals surface area contributed by atoms with Gasteiger partial charge in [-0.15, -0.1) is 0 Å². The maximum absolute atomic E-state index is 13.0. The van der Waals surface area contributed by atoms with Gasteiger partial charge in [0.05, 0.1) is 33.6 Å². The Morgan fingerprint density at radius 3 is 2.22 bits per heavy atom. The van der Waals surface area contributed by atoms with Gasteiger partial charge in [0.1, 0.15) is 5.82 Å². The summed E-state index contributed by atoms with van der Waals surface area (Å²) in [4.78, 5) is 27.7. The molecule has 1 fully saturated rings. The van der Waals surface area contributed by atoms with E-state index in [1.807, 2.05) is 37.3 Å². The highest BCUT2D eigenvalue weighted by Crippen LogP contribution is 2.40. The lowest BCUT2D eigenvalue weighted by Gasteiger charge is -2.31. The number of rotatable bonds is 8. The normalized spacial score (nSPS) is 13.9. The van der Waals surface area contributed by atoms with Gasteiger partial charge in [-0.05, 0) is 25.3 Å². The molecule has 1 aliphatic heterocycles. The lowest BCUT2D eigenvalue weighted by molar-refractivity contribution is 0.192. The molecule has 1 aliphatic rings. The third-order valence-corrected chi connectivity index (χ3v) is 6.51. The van der Waals surface area contributed by atoms with Crippen molar-refractivity contribution in [2.75, 3.05) is 39.7 Å². The van der Waals surface area contributed by atoms with Crippen molar-refractivity contribution >= 4 is 11.7 Å². The number of urea groups is 1. The third kappa shape index (κ3) is 5.17. The topological polar surface area (TPSA) is 99.8 Å². The van der Waals surface area contributed by atoms with Crippen molar-refractivity contribution in [2.45, 2.75) is 38.8 Å². The molecular weight excluding hydrogens is 462 g/mol. The molecular formula is C26H33N5O5. The predicted molar refractivity (Wildman–Crippen MR) is 136 cm³/mol. The molecule has 4 rings (SSSR count). The number of nitrogens with zero attached hydrogens (tertiary/aromatic N) is 4. The number of nitrogens with one attached hydrogen (secondary N) is 1. The number of hydrogen-bond donors (Lipinski definition) is 1. The standard InChI is InChI=1S/C26H33N5O5/c1-5-30-24(28-31(26(30)33)17-18-9-7-6-8-10-18)19-11-13-29(14-12-19)25(32)27-20-15-21(34-2)23(36-4)22(16-20)35-3/h6-10,15-16,19H,5,11-14,17H2,1-4H3,(H,27,32). The number of carbonyl (C=O) groups excluding carboxylic acids is 1. The first-order chi connectivity index (χ1) is 17.5. The van der Waals surface area contributed by atoms with Gasteiger partial charge in [-0.2, -0.15) is 5.10 Å². The Bertz CT molecular complexity index is 1220. The summed E-state index contributed by atoms with van der Waals surface area (Å²) in [6.45, 7) is 4.08. The number of piperidine rings is 1. The monoisotopic (exact) mass is 495 g/mol. The van der Waals surface area contributed by atoms with Gasteiger partial charge in [0.15, 0.2) is 11.5 Å². The summed E-state index contributed by atoms with van der Waals surface area (Å²) >= 11 is 0. The third-order valence-electron chi connectivity index (χ3n) is 6.51. The average molecular weight is 496 g/mol. The summed E-state index contributed by atoms with van der Waals surface area (Å²) < 4.78 is 19.4. The van der Waals surface area contributed by atoms with E-state index in [-0.39, 0.29) is 17.6 Å².